The molecule has 4 aliphatic carbocycles. The molecule has 4 aliphatic rings. The molecule has 15 heteroatoms. The molecule has 178 valence electrons. The summed E-state index contributed by atoms with van der Waals surface area (Å²) in [5.41, 5.74) is -3.40. The molecule has 2 atom stereocenters. The van der Waals surface area contributed by atoms with Gasteiger partial charge in [-0.2, -0.15) is 39.2 Å². The van der Waals surface area contributed by atoms with E-state index in [1.165, 1.54) is 0 Å². The van der Waals surface area contributed by atoms with Crippen molar-refractivity contribution in [2.75, 3.05) is 6.61 Å². The second-order valence-electron chi connectivity index (χ2n) is 8.58. The van der Waals surface area contributed by atoms with Gasteiger partial charge in [-0.1, -0.05) is 0 Å². The maximum Gasteiger partial charge on any atom is 0.465 e. The number of halogens is 7. The van der Waals surface area contributed by atoms with Gasteiger partial charge in [0.15, 0.2) is 6.61 Å². The quantitative estimate of drug-likeness (QED) is 0.349. The first kappa shape index (κ1) is 24.0. The van der Waals surface area contributed by atoms with Gasteiger partial charge in [0.05, 0.1) is 5.41 Å². The lowest BCUT2D eigenvalue weighted by Crippen LogP contribution is -2.61. The summed E-state index contributed by atoms with van der Waals surface area (Å²) in [6, 6.07) is 0. The third kappa shape index (κ3) is 4.10. The van der Waals surface area contributed by atoms with E-state index in [0.717, 1.165) is 0 Å². The van der Waals surface area contributed by atoms with Crippen molar-refractivity contribution in [3.63, 3.8) is 0 Å². The van der Waals surface area contributed by atoms with Crippen molar-refractivity contribution in [1.82, 2.24) is 0 Å². The van der Waals surface area contributed by atoms with Crippen LogP contribution in [0.25, 0.3) is 0 Å². The second kappa shape index (κ2) is 6.93. The smallest absolute Gasteiger partial charge is 0.458 e. The molecule has 0 radical (unpaired) electrons. The minimum atomic E-state index is -6.15. The van der Waals surface area contributed by atoms with Crippen LogP contribution in [0.3, 0.4) is 0 Å². The largest absolute Gasteiger partial charge is 0.465 e. The molecule has 4 bridgehead atoms. The van der Waals surface area contributed by atoms with Crippen LogP contribution >= 0.6 is 0 Å². The summed E-state index contributed by atoms with van der Waals surface area (Å²) in [5, 5.41) is -5.28. The Hall–Kier alpha value is -1.64. The van der Waals surface area contributed by atoms with Crippen molar-refractivity contribution in [3.8, 4) is 0 Å². The van der Waals surface area contributed by atoms with Gasteiger partial charge in [0.2, 0.25) is 0 Å². The number of carbonyl (C=O) groups is 2. The minimum absolute atomic E-state index is 0.00785. The summed E-state index contributed by atoms with van der Waals surface area (Å²) in [6.07, 6.45) is -6.04. The third-order valence-corrected chi connectivity index (χ3v) is 6.93. The lowest BCUT2D eigenvalue weighted by atomic mass is 9.48. The molecule has 0 heterocycles. The van der Waals surface area contributed by atoms with Gasteiger partial charge in [-0.15, -0.1) is 0 Å². The number of carbonyl (C=O) groups excluding carboxylic acids is 2. The highest BCUT2D eigenvalue weighted by Crippen LogP contribution is 2.63. The molecule has 31 heavy (non-hydrogen) atoms. The summed E-state index contributed by atoms with van der Waals surface area (Å²) in [4.78, 5) is 24.3. The van der Waals surface area contributed by atoms with Crippen molar-refractivity contribution >= 4 is 22.1 Å². The van der Waals surface area contributed by atoms with Gasteiger partial charge in [-0.3, -0.25) is 9.35 Å². The van der Waals surface area contributed by atoms with Gasteiger partial charge in [-0.05, 0) is 43.9 Å². The molecule has 0 aromatic carbocycles. The van der Waals surface area contributed by atoms with Crippen molar-refractivity contribution in [2.45, 2.75) is 61.5 Å². The fourth-order valence-electron chi connectivity index (χ4n) is 5.29. The number of hydrogen-bond donors (Lipinski definition) is 1. The van der Waals surface area contributed by atoms with E-state index in [2.05, 4.69) is 4.74 Å². The molecule has 0 aromatic heterocycles. The number of esters is 2. The molecular weight excluding hydrogens is 469 g/mol. The number of alkyl halides is 7. The van der Waals surface area contributed by atoms with Crippen LogP contribution in [0, 0.1) is 17.3 Å². The Bertz CT molecular complexity index is 869. The second-order valence-corrected chi connectivity index (χ2v) is 10.0. The molecule has 4 saturated carbocycles. The fraction of sp³-hybridized carbons (Fsp3) is 0.875. The van der Waals surface area contributed by atoms with E-state index in [1.54, 1.807) is 0 Å². The van der Waals surface area contributed by atoms with Crippen LogP contribution in [0.1, 0.15) is 38.5 Å². The predicted octanol–water partition coefficient (Wildman–Crippen LogP) is 3.09. The fourth-order valence-corrected chi connectivity index (χ4v) is 5.54. The molecule has 4 rings (SSSR count). The first-order valence-electron chi connectivity index (χ1n) is 9.03. The van der Waals surface area contributed by atoms with Crippen LogP contribution in [0.15, 0.2) is 0 Å². The van der Waals surface area contributed by atoms with Gasteiger partial charge in [-0.25, -0.2) is 4.79 Å². The van der Waals surface area contributed by atoms with Crippen molar-refractivity contribution in [1.29, 1.82) is 0 Å². The van der Waals surface area contributed by atoms with Gasteiger partial charge in [0.25, 0.3) is 0 Å². The summed E-state index contributed by atoms with van der Waals surface area (Å²) in [6.45, 7) is -2.26. The zero-order valence-electron chi connectivity index (χ0n) is 15.6. The van der Waals surface area contributed by atoms with Crippen LogP contribution in [-0.4, -0.2) is 54.5 Å². The molecule has 2 unspecified atom stereocenters. The Labute approximate surface area is 171 Å². The van der Waals surface area contributed by atoms with E-state index < -0.39 is 75.3 Å². The average Bonchev–Trinajstić information content (AvgIpc) is 2.56. The van der Waals surface area contributed by atoms with Crippen LogP contribution < -0.4 is 0 Å². The highest BCUT2D eigenvalue weighted by Gasteiger charge is 2.66. The molecule has 0 amide bonds. The lowest BCUT2D eigenvalue weighted by Gasteiger charge is -2.59. The highest BCUT2D eigenvalue weighted by molar-refractivity contribution is 7.87. The molecule has 0 spiro atoms. The van der Waals surface area contributed by atoms with E-state index in [-0.39, 0.29) is 25.7 Å². The van der Waals surface area contributed by atoms with E-state index in [0.29, 0.717) is 6.42 Å². The first-order chi connectivity index (χ1) is 13.8. The van der Waals surface area contributed by atoms with Crippen molar-refractivity contribution in [3.05, 3.63) is 0 Å². The lowest BCUT2D eigenvalue weighted by molar-refractivity contribution is -0.296. The summed E-state index contributed by atoms with van der Waals surface area (Å²) < 4.78 is 130. The molecule has 0 aromatic rings. The Morgan fingerprint density at radius 3 is 1.94 bits per heavy atom. The molecule has 0 aliphatic heterocycles. The van der Waals surface area contributed by atoms with E-state index in [4.69, 9.17) is 9.29 Å². The summed E-state index contributed by atoms with van der Waals surface area (Å²) >= 11 is 0. The Morgan fingerprint density at radius 2 is 1.48 bits per heavy atom. The number of ether oxygens (including phenoxy) is 2. The first-order valence-corrected chi connectivity index (χ1v) is 10.5. The Balaban J connectivity index is 1.80. The summed E-state index contributed by atoms with van der Waals surface area (Å²) in [5.74, 6) is -10.1. The minimum Gasteiger partial charge on any atom is -0.458 e. The molecule has 1 N–H and O–H groups in total. The highest BCUT2D eigenvalue weighted by atomic mass is 32.2. The SMILES string of the molecule is O=C(OCC(F)(F)C(F)(F)F)C12CC3CC(CC(OC(=O)C(F)(F)S(=O)(=O)O)(C3)C1)C2. The molecule has 7 nitrogen and oxygen atoms in total. The maximum absolute atomic E-state index is 13.6. The van der Waals surface area contributed by atoms with Gasteiger partial charge in [0.1, 0.15) is 5.60 Å². The van der Waals surface area contributed by atoms with E-state index in [9.17, 15) is 48.7 Å². The average molecular weight is 486 g/mol. The van der Waals surface area contributed by atoms with Crippen molar-refractivity contribution in [2.24, 2.45) is 17.3 Å². The molecule has 4 fully saturated rings. The van der Waals surface area contributed by atoms with Crippen LogP contribution in [0.5, 0.6) is 0 Å². The van der Waals surface area contributed by atoms with Gasteiger partial charge in [0, 0.05) is 6.42 Å². The summed E-state index contributed by atoms with van der Waals surface area (Å²) in [7, 11) is -6.15. The van der Waals surface area contributed by atoms with E-state index in [1.807, 2.05) is 0 Å². The van der Waals surface area contributed by atoms with Crippen molar-refractivity contribution < 1.29 is 62.8 Å². The normalized spacial score (nSPS) is 33.3. The van der Waals surface area contributed by atoms with Gasteiger partial charge < -0.3 is 9.47 Å². The van der Waals surface area contributed by atoms with Crippen LogP contribution in [0.4, 0.5) is 30.7 Å². The maximum atomic E-state index is 13.6. The van der Waals surface area contributed by atoms with Gasteiger partial charge >= 0.3 is 39.4 Å². The molecule has 0 saturated heterocycles. The zero-order chi connectivity index (χ0) is 23.7. The number of hydrogen-bond acceptors (Lipinski definition) is 6. The number of rotatable bonds is 6. The third-order valence-electron chi connectivity index (χ3n) is 6.11. The standard InChI is InChI=1S/C16H17F7O7S/c17-14(18,16(21,22)23)7-29-10(24)12-2-8-1-9(3-12)5-13(4-8,6-12)30-11(25)15(19,20)31(26,27)28/h8-9H,1-7H2,(H,26,27,28). The predicted molar refractivity (Wildman–Crippen MR) is 84.4 cm³/mol. The zero-order valence-corrected chi connectivity index (χ0v) is 16.4. The topological polar surface area (TPSA) is 107 Å². The van der Waals surface area contributed by atoms with Crippen LogP contribution in [0.2, 0.25) is 0 Å². The molecular formula is C16H17F7O7S. The van der Waals surface area contributed by atoms with Crippen LogP contribution in [-0.2, 0) is 29.2 Å². The van der Waals surface area contributed by atoms with E-state index >= 15 is 0 Å². The monoisotopic (exact) mass is 486 g/mol. The Morgan fingerprint density at radius 1 is 0.968 bits per heavy atom. The Kier molecular flexibility index (Phi) is 5.37.